The maximum Gasteiger partial charge on any atom is 0.263 e. The van der Waals surface area contributed by atoms with Crippen molar-refractivity contribution in [3.8, 4) is 11.5 Å². The number of allylic oxidation sites excluding steroid dienone is 3. The number of hydrogen-bond donors (Lipinski definition) is 3. The fourth-order valence-electron chi connectivity index (χ4n) is 2.57. The molecule has 6 nitrogen and oxygen atoms in total. The first-order valence-corrected chi connectivity index (χ1v) is 8.33. The van der Waals surface area contributed by atoms with Crippen LogP contribution < -0.4 is 21.1 Å². The number of amides is 2. The lowest BCUT2D eigenvalue weighted by molar-refractivity contribution is -0.119. The lowest BCUT2D eigenvalue weighted by Gasteiger charge is -2.14. The summed E-state index contributed by atoms with van der Waals surface area (Å²) in [5.74, 6) is 0.00725. The zero-order chi connectivity index (χ0) is 19.2. The molecule has 27 heavy (non-hydrogen) atoms. The van der Waals surface area contributed by atoms with Crippen molar-refractivity contribution < 1.29 is 14.3 Å². The third kappa shape index (κ3) is 4.43. The highest BCUT2D eigenvalue weighted by atomic mass is 16.5. The van der Waals surface area contributed by atoms with E-state index in [9.17, 15) is 9.59 Å². The minimum Gasteiger partial charge on any atom is -0.457 e. The van der Waals surface area contributed by atoms with E-state index in [2.05, 4.69) is 10.6 Å². The molecular formula is C21H19N3O3. The maximum absolute atomic E-state index is 12.5. The summed E-state index contributed by atoms with van der Waals surface area (Å²) in [5.41, 5.74) is 6.97. The number of ether oxygens (including phenoxy) is 1. The SMILES string of the molecule is Cc1cc(NC(=O)/C(C(N)=O)=C2\C=CC=CN2)ccc1Oc1ccccc1. The van der Waals surface area contributed by atoms with Crippen LogP contribution in [0.5, 0.6) is 11.5 Å². The molecule has 0 atom stereocenters. The van der Waals surface area contributed by atoms with E-state index in [0.717, 1.165) is 11.3 Å². The molecule has 0 fully saturated rings. The molecule has 2 aromatic rings. The number of rotatable bonds is 5. The van der Waals surface area contributed by atoms with E-state index in [1.54, 1.807) is 42.6 Å². The summed E-state index contributed by atoms with van der Waals surface area (Å²) in [6, 6.07) is 14.6. The number of dihydropyridines is 1. The number of para-hydroxylation sites is 1. The molecule has 0 aliphatic carbocycles. The number of carbonyl (C=O) groups is 2. The van der Waals surface area contributed by atoms with E-state index in [0.29, 0.717) is 17.1 Å². The molecule has 2 aromatic carbocycles. The molecule has 3 rings (SSSR count). The average molecular weight is 361 g/mol. The smallest absolute Gasteiger partial charge is 0.263 e. The van der Waals surface area contributed by atoms with Gasteiger partial charge in [-0.15, -0.1) is 0 Å². The van der Waals surface area contributed by atoms with Crippen molar-refractivity contribution in [2.75, 3.05) is 5.32 Å². The van der Waals surface area contributed by atoms with Gasteiger partial charge < -0.3 is 21.1 Å². The topological polar surface area (TPSA) is 93.5 Å². The Kier molecular flexibility index (Phi) is 5.37. The van der Waals surface area contributed by atoms with Gasteiger partial charge in [0.25, 0.3) is 11.8 Å². The van der Waals surface area contributed by atoms with Crippen molar-refractivity contribution in [1.29, 1.82) is 0 Å². The fraction of sp³-hybridized carbons (Fsp3) is 0.0476. The van der Waals surface area contributed by atoms with Crippen molar-refractivity contribution in [3.05, 3.63) is 89.8 Å². The summed E-state index contributed by atoms with van der Waals surface area (Å²) in [7, 11) is 0. The number of nitrogens with one attached hydrogen (secondary N) is 2. The first-order chi connectivity index (χ1) is 13.0. The van der Waals surface area contributed by atoms with E-state index in [-0.39, 0.29) is 5.57 Å². The van der Waals surface area contributed by atoms with Crippen LogP contribution in [-0.4, -0.2) is 11.8 Å². The van der Waals surface area contributed by atoms with Crippen LogP contribution in [0.25, 0.3) is 0 Å². The van der Waals surface area contributed by atoms with Crippen LogP contribution in [0.1, 0.15) is 5.56 Å². The molecule has 0 bridgehead atoms. The Morgan fingerprint density at radius 3 is 2.48 bits per heavy atom. The number of carbonyl (C=O) groups excluding carboxylic acids is 2. The van der Waals surface area contributed by atoms with Crippen molar-refractivity contribution in [1.82, 2.24) is 5.32 Å². The molecule has 0 aromatic heterocycles. The van der Waals surface area contributed by atoms with E-state index in [4.69, 9.17) is 10.5 Å². The van der Waals surface area contributed by atoms with Crippen LogP contribution in [0.3, 0.4) is 0 Å². The Balaban J connectivity index is 1.78. The van der Waals surface area contributed by atoms with Gasteiger partial charge in [0.15, 0.2) is 0 Å². The van der Waals surface area contributed by atoms with Crippen molar-refractivity contribution in [2.45, 2.75) is 6.92 Å². The molecular weight excluding hydrogens is 342 g/mol. The van der Waals surface area contributed by atoms with Crippen LogP contribution in [0.15, 0.2) is 84.2 Å². The lowest BCUT2D eigenvalue weighted by atomic mass is 10.1. The highest BCUT2D eigenvalue weighted by Crippen LogP contribution is 2.27. The van der Waals surface area contributed by atoms with Gasteiger partial charge in [-0.1, -0.05) is 24.3 Å². The van der Waals surface area contributed by atoms with Crippen molar-refractivity contribution in [2.24, 2.45) is 5.73 Å². The second kappa shape index (κ2) is 8.05. The minimum absolute atomic E-state index is 0.141. The van der Waals surface area contributed by atoms with Gasteiger partial charge in [0, 0.05) is 11.9 Å². The molecule has 136 valence electrons. The maximum atomic E-state index is 12.5. The molecule has 0 saturated carbocycles. The Bertz CT molecular complexity index is 960. The van der Waals surface area contributed by atoms with Crippen molar-refractivity contribution >= 4 is 17.5 Å². The van der Waals surface area contributed by atoms with Gasteiger partial charge in [-0.2, -0.15) is 0 Å². The number of benzene rings is 2. The summed E-state index contributed by atoms with van der Waals surface area (Å²) >= 11 is 0. The first-order valence-electron chi connectivity index (χ1n) is 8.33. The standard InChI is InChI=1S/C21H19N3O3/c1-14-13-15(10-11-18(14)27-16-7-3-2-4-8-16)24-21(26)19(20(22)25)17-9-5-6-12-23-17/h2-13,23H,1H3,(H2,22,25)(H,24,26)/b19-17+. The zero-order valence-corrected chi connectivity index (χ0v) is 14.7. The van der Waals surface area contributed by atoms with Crippen LogP contribution in [-0.2, 0) is 9.59 Å². The second-order valence-corrected chi connectivity index (χ2v) is 5.87. The fourth-order valence-corrected chi connectivity index (χ4v) is 2.57. The first kappa shape index (κ1) is 18.0. The number of anilines is 1. The lowest BCUT2D eigenvalue weighted by Crippen LogP contribution is -2.29. The number of primary amides is 1. The highest BCUT2D eigenvalue weighted by Gasteiger charge is 2.20. The minimum atomic E-state index is -0.810. The molecule has 0 radical (unpaired) electrons. The van der Waals surface area contributed by atoms with E-state index in [1.807, 2.05) is 37.3 Å². The number of aryl methyl sites for hydroxylation is 1. The van der Waals surface area contributed by atoms with Gasteiger partial charge in [0.05, 0.1) is 5.70 Å². The molecule has 0 spiro atoms. The summed E-state index contributed by atoms with van der Waals surface area (Å²) in [4.78, 5) is 24.3. The Labute approximate surface area is 157 Å². The molecule has 0 unspecified atom stereocenters. The quantitative estimate of drug-likeness (QED) is 0.433. The normalized spacial score (nSPS) is 14.3. The van der Waals surface area contributed by atoms with E-state index < -0.39 is 11.8 Å². The summed E-state index contributed by atoms with van der Waals surface area (Å²) < 4.78 is 5.83. The van der Waals surface area contributed by atoms with E-state index >= 15 is 0 Å². The molecule has 6 heteroatoms. The van der Waals surface area contributed by atoms with Gasteiger partial charge in [0.1, 0.15) is 17.1 Å². The average Bonchev–Trinajstić information content (AvgIpc) is 2.65. The number of nitrogens with two attached hydrogens (primary N) is 1. The Morgan fingerprint density at radius 1 is 1.07 bits per heavy atom. The predicted molar refractivity (Wildman–Crippen MR) is 104 cm³/mol. The monoisotopic (exact) mass is 361 g/mol. The molecule has 1 aliphatic rings. The predicted octanol–water partition coefficient (Wildman–Crippen LogP) is 3.14. The summed E-state index contributed by atoms with van der Waals surface area (Å²) in [6.07, 6.45) is 6.68. The Hall–Kier alpha value is -3.80. The molecule has 1 heterocycles. The Morgan fingerprint density at radius 2 is 1.85 bits per heavy atom. The molecule has 2 amide bonds. The van der Waals surface area contributed by atoms with Gasteiger partial charge in [-0.05, 0) is 55.0 Å². The van der Waals surface area contributed by atoms with Gasteiger partial charge in [0.2, 0.25) is 0 Å². The van der Waals surface area contributed by atoms with Gasteiger partial charge in [-0.25, -0.2) is 0 Å². The third-order valence-electron chi connectivity index (χ3n) is 3.86. The van der Waals surface area contributed by atoms with Crippen LogP contribution in [0.4, 0.5) is 5.69 Å². The zero-order valence-electron chi connectivity index (χ0n) is 14.7. The molecule has 1 aliphatic heterocycles. The third-order valence-corrected chi connectivity index (χ3v) is 3.86. The summed E-state index contributed by atoms with van der Waals surface area (Å²) in [6.45, 7) is 1.87. The number of hydrogen-bond acceptors (Lipinski definition) is 4. The van der Waals surface area contributed by atoms with Crippen molar-refractivity contribution in [3.63, 3.8) is 0 Å². The molecule has 0 saturated heterocycles. The van der Waals surface area contributed by atoms with Crippen LogP contribution in [0, 0.1) is 6.92 Å². The second-order valence-electron chi connectivity index (χ2n) is 5.87. The van der Waals surface area contributed by atoms with Crippen LogP contribution in [0.2, 0.25) is 0 Å². The van der Waals surface area contributed by atoms with Crippen LogP contribution >= 0.6 is 0 Å². The van der Waals surface area contributed by atoms with Gasteiger partial charge in [-0.3, -0.25) is 9.59 Å². The van der Waals surface area contributed by atoms with Gasteiger partial charge >= 0.3 is 0 Å². The molecule has 4 N–H and O–H groups in total. The summed E-state index contributed by atoms with van der Waals surface area (Å²) in [5, 5.41) is 5.55. The highest BCUT2D eigenvalue weighted by molar-refractivity contribution is 6.23. The van der Waals surface area contributed by atoms with E-state index in [1.165, 1.54) is 0 Å². The largest absolute Gasteiger partial charge is 0.457 e.